The Hall–Kier alpha value is -2.68. The summed E-state index contributed by atoms with van der Waals surface area (Å²) in [5.74, 6) is 0. The van der Waals surface area contributed by atoms with Crippen LogP contribution in [0.2, 0.25) is 0 Å². The lowest BCUT2D eigenvalue weighted by Gasteiger charge is -2.27. The van der Waals surface area contributed by atoms with Gasteiger partial charge in [-0.2, -0.15) is 8.78 Å². The first kappa shape index (κ1) is 30.9. The van der Waals surface area contributed by atoms with Crippen LogP contribution >= 0.6 is 22.9 Å². The first-order valence-corrected chi connectivity index (χ1v) is 15.3. The van der Waals surface area contributed by atoms with Crippen molar-refractivity contribution in [2.24, 2.45) is 5.11 Å². The number of phosphoric ester groups is 1. The fraction of sp³-hybridized carbons (Fsp3) is 0.412. The molecule has 1 saturated heterocycles. The van der Waals surface area contributed by atoms with Crippen molar-refractivity contribution >= 4 is 28.6 Å². The third-order valence-electron chi connectivity index (χ3n) is 5.24. The van der Waals surface area contributed by atoms with Crippen LogP contribution in [-0.2, 0) is 27.3 Å². The van der Waals surface area contributed by atoms with Crippen LogP contribution in [0.1, 0.15) is 18.2 Å². The summed E-state index contributed by atoms with van der Waals surface area (Å²) in [6, 6.07) is 5.10. The molecular weight excluding hydrogens is 595 g/mol. The minimum Gasteiger partial charge on any atom is -0.352 e. The Bertz CT molecular complexity index is 1530. The van der Waals surface area contributed by atoms with Gasteiger partial charge >= 0.3 is 34.0 Å². The number of anilines is 1. The molecule has 0 spiro atoms. The van der Waals surface area contributed by atoms with E-state index in [9.17, 15) is 46.7 Å². The van der Waals surface area contributed by atoms with E-state index < -0.39 is 64.6 Å². The highest BCUT2D eigenvalue weighted by Crippen LogP contribution is 2.78. The van der Waals surface area contributed by atoms with Gasteiger partial charge in [-0.3, -0.25) is 28.0 Å². The lowest BCUT2D eigenvalue weighted by Crippen LogP contribution is -2.33. The number of halogens is 2. The molecule has 2 heterocycles. The van der Waals surface area contributed by atoms with E-state index >= 15 is 0 Å². The van der Waals surface area contributed by atoms with E-state index in [1.54, 1.807) is 0 Å². The van der Waals surface area contributed by atoms with Gasteiger partial charge in [-0.25, -0.2) is 13.7 Å². The van der Waals surface area contributed by atoms with Crippen molar-refractivity contribution < 1.29 is 50.7 Å². The SMILES string of the molecule is Cc1cn([C@@H]2C[C@@H](N=[N+]=[N-])[C@H](COP(=O)(O)OP(=O)(O)C(F)(F)P(=O)(O)Nc3ccccc3)O2)c(=O)[nH]c1=O. The molecule has 2 aromatic rings. The molecule has 17 nitrogen and oxygen atoms in total. The summed E-state index contributed by atoms with van der Waals surface area (Å²) in [5, 5.41) is -0.572. The Balaban J connectivity index is 1.74. The molecule has 0 saturated carbocycles. The minimum atomic E-state index is -6.69. The van der Waals surface area contributed by atoms with E-state index in [0.29, 0.717) is 0 Å². The maximum atomic E-state index is 14.6. The fourth-order valence-corrected chi connectivity index (χ4v) is 7.85. The number of H-pyrrole nitrogens is 1. The maximum Gasteiger partial charge on any atom is 0.479 e. The van der Waals surface area contributed by atoms with Gasteiger partial charge in [0.1, 0.15) is 6.23 Å². The van der Waals surface area contributed by atoms with E-state index in [4.69, 9.17) is 10.3 Å². The molecule has 3 unspecified atom stereocenters. The molecule has 0 radical (unpaired) electrons. The van der Waals surface area contributed by atoms with Gasteiger partial charge in [0.2, 0.25) is 0 Å². The summed E-state index contributed by atoms with van der Waals surface area (Å²) in [7, 11) is -18.6. The van der Waals surface area contributed by atoms with Gasteiger partial charge in [0.25, 0.3) is 5.56 Å². The van der Waals surface area contributed by atoms with Crippen molar-refractivity contribution in [2.45, 2.75) is 37.1 Å². The Morgan fingerprint density at radius 3 is 2.51 bits per heavy atom. The lowest BCUT2D eigenvalue weighted by atomic mass is 10.1. The summed E-state index contributed by atoms with van der Waals surface area (Å²) in [5.41, 5.74) is 7.02. The first-order valence-electron chi connectivity index (χ1n) is 10.6. The van der Waals surface area contributed by atoms with Crippen LogP contribution in [0.4, 0.5) is 14.5 Å². The third kappa shape index (κ3) is 6.91. The second-order valence-corrected chi connectivity index (χ2v) is 13.8. The molecule has 1 fully saturated rings. The number of rotatable bonds is 11. The Kier molecular flexibility index (Phi) is 9.05. The van der Waals surface area contributed by atoms with Gasteiger partial charge in [-0.1, -0.05) is 23.3 Å². The number of nitrogens with one attached hydrogen (secondary N) is 2. The Morgan fingerprint density at radius 1 is 1.26 bits per heavy atom. The van der Waals surface area contributed by atoms with Gasteiger partial charge in [0.15, 0.2) is 0 Å². The molecule has 22 heteroatoms. The number of aryl methyl sites for hydroxylation is 1. The normalized spacial score (nSPS) is 24.1. The number of hydrogen-bond donors (Lipinski definition) is 5. The second kappa shape index (κ2) is 11.4. The zero-order valence-electron chi connectivity index (χ0n) is 19.6. The van der Waals surface area contributed by atoms with Crippen LogP contribution in [0.25, 0.3) is 10.4 Å². The minimum absolute atomic E-state index is 0.119. The Morgan fingerprint density at radius 2 is 1.90 bits per heavy atom. The van der Waals surface area contributed by atoms with Crippen LogP contribution in [0.5, 0.6) is 0 Å². The maximum absolute atomic E-state index is 14.6. The number of nitrogens with zero attached hydrogens (tertiary/aromatic N) is 4. The zero-order valence-corrected chi connectivity index (χ0v) is 22.3. The van der Waals surface area contributed by atoms with E-state index in [-0.39, 0.29) is 17.7 Å². The van der Waals surface area contributed by atoms with Gasteiger partial charge in [-0.15, -0.1) is 0 Å². The van der Waals surface area contributed by atoms with Crippen molar-refractivity contribution in [2.75, 3.05) is 11.7 Å². The monoisotopic (exact) mass is 616 g/mol. The quantitative estimate of drug-likeness (QED) is 0.106. The van der Waals surface area contributed by atoms with Crippen LogP contribution in [0, 0.1) is 6.92 Å². The highest BCUT2D eigenvalue weighted by Gasteiger charge is 2.67. The van der Waals surface area contributed by atoms with Crippen molar-refractivity contribution in [1.29, 1.82) is 0 Å². The first-order chi connectivity index (χ1) is 18.0. The Labute approximate surface area is 216 Å². The van der Waals surface area contributed by atoms with Crippen LogP contribution < -0.4 is 16.3 Å². The van der Waals surface area contributed by atoms with Crippen molar-refractivity contribution in [3.8, 4) is 0 Å². The predicted octanol–water partition coefficient (Wildman–Crippen LogP) is 2.98. The molecule has 1 aromatic carbocycles. The average Bonchev–Trinajstić information content (AvgIpc) is 3.22. The molecule has 6 atom stereocenters. The number of aromatic nitrogens is 2. The van der Waals surface area contributed by atoms with Gasteiger partial charge in [0.05, 0.1) is 18.8 Å². The largest absolute Gasteiger partial charge is 0.479 e. The number of azide groups is 1. The van der Waals surface area contributed by atoms with Gasteiger partial charge in [0, 0.05) is 28.8 Å². The standard InChI is InChI=1S/C17H21F2N6O11P3/c1-10-8-25(16(27)21-15(10)26)14-7-12(22-24-20)13(35-14)9-34-39(32,33)36-38(30,31)17(18,19)37(28,29)23-11-5-3-2-4-6-11/h2-6,8,12-14H,7,9H2,1H3,(H,30,31)(H,32,33)(H,21,26,27)(H2,23,28,29)/t12-,13+,14+/m1/s1. The molecule has 1 aliphatic rings. The summed E-state index contributed by atoms with van der Waals surface area (Å²) in [4.78, 5) is 57.7. The van der Waals surface area contributed by atoms with E-state index in [0.717, 1.165) is 22.9 Å². The van der Waals surface area contributed by atoms with Crippen LogP contribution in [-0.4, -0.2) is 48.4 Å². The molecule has 39 heavy (non-hydrogen) atoms. The topological polar surface area (TPSA) is 255 Å². The molecule has 0 aliphatic carbocycles. The smallest absolute Gasteiger partial charge is 0.352 e. The summed E-state index contributed by atoms with van der Waals surface area (Å²) >= 11 is 0. The average molecular weight is 616 g/mol. The van der Waals surface area contributed by atoms with Crippen molar-refractivity contribution in [3.63, 3.8) is 0 Å². The summed E-state index contributed by atoms with van der Waals surface area (Å²) in [6.45, 7) is 0.341. The molecule has 1 aliphatic heterocycles. The van der Waals surface area contributed by atoms with Crippen LogP contribution in [0.3, 0.4) is 0 Å². The fourth-order valence-electron chi connectivity index (χ4n) is 3.33. The molecule has 1 aromatic heterocycles. The van der Waals surface area contributed by atoms with Gasteiger partial charge in [-0.05, 0) is 24.6 Å². The number of alkyl halides is 2. The zero-order chi connectivity index (χ0) is 29.2. The number of para-hydroxylation sites is 1. The highest BCUT2D eigenvalue weighted by molar-refractivity contribution is 7.78. The number of ether oxygens (including phenoxy) is 1. The number of hydrogen-bond acceptors (Lipinski definition) is 9. The second-order valence-electron chi connectivity index (χ2n) is 8.05. The van der Waals surface area contributed by atoms with E-state index in [2.05, 4.69) is 18.9 Å². The third-order valence-corrected chi connectivity index (χ3v) is 11.0. The van der Waals surface area contributed by atoms with E-state index in [1.165, 1.54) is 30.2 Å². The number of benzene rings is 1. The molecule has 0 bridgehead atoms. The molecule has 0 amide bonds. The molecular formula is C17H21F2N6O11P3. The molecule has 5 N–H and O–H groups in total. The summed E-state index contributed by atoms with van der Waals surface area (Å²) < 4.78 is 80.6. The summed E-state index contributed by atoms with van der Waals surface area (Å²) in [6.07, 6.45) is -1.64. The number of aromatic amines is 1. The predicted molar refractivity (Wildman–Crippen MR) is 129 cm³/mol. The van der Waals surface area contributed by atoms with E-state index in [1.807, 2.05) is 4.98 Å². The van der Waals surface area contributed by atoms with Crippen molar-refractivity contribution in [3.05, 3.63) is 73.4 Å². The van der Waals surface area contributed by atoms with Crippen LogP contribution in [0.15, 0.2) is 51.2 Å². The lowest BCUT2D eigenvalue weighted by molar-refractivity contribution is -0.0268. The highest BCUT2D eigenvalue weighted by atomic mass is 31.3. The number of phosphoric acid groups is 1. The van der Waals surface area contributed by atoms with Gasteiger partial charge < -0.3 is 24.5 Å². The molecule has 3 rings (SSSR count). The molecule has 214 valence electrons. The van der Waals surface area contributed by atoms with Crippen molar-refractivity contribution in [1.82, 2.24) is 9.55 Å².